The highest BCUT2D eigenvalue weighted by molar-refractivity contribution is 6.05. The van der Waals surface area contributed by atoms with Crippen LogP contribution in [0.25, 0.3) is 106 Å². The average molecular weight is 1800 g/mol. The largest absolute Gasteiger partial charge is 0.393 e. The van der Waals surface area contributed by atoms with Crippen molar-refractivity contribution in [2.24, 2.45) is 17.8 Å². The van der Waals surface area contributed by atoms with Crippen LogP contribution < -0.4 is 42.5 Å². The molecule has 16 aromatic heterocycles. The van der Waals surface area contributed by atoms with Crippen LogP contribution in [-0.4, -0.2) is 222 Å². The molecule has 7 aliphatic rings. The number of carbonyl (C=O) groups is 4. The first kappa shape index (κ1) is 87.2. The monoisotopic (exact) mass is 1800 g/mol. The second-order valence-electron chi connectivity index (χ2n) is 36.4. The third kappa shape index (κ3) is 17.2. The Bertz CT molecular complexity index is 6820. The molecule has 2 saturated heterocycles. The predicted molar refractivity (Wildman–Crippen MR) is 508 cm³/mol. The molecule has 6 atom stereocenters. The number of pyridine rings is 4. The van der Waals surface area contributed by atoms with Crippen molar-refractivity contribution >= 4 is 114 Å². The molecule has 0 radical (unpaired) electrons. The van der Waals surface area contributed by atoms with E-state index in [2.05, 4.69) is 125 Å². The van der Waals surface area contributed by atoms with E-state index in [1.165, 1.54) is 19.0 Å². The van der Waals surface area contributed by atoms with Crippen molar-refractivity contribution in [1.82, 2.24) is 112 Å². The Hall–Kier alpha value is -13.8. The van der Waals surface area contributed by atoms with Gasteiger partial charge >= 0.3 is 0 Å². The summed E-state index contributed by atoms with van der Waals surface area (Å²) in [5.74, 6) is 4.41. The van der Waals surface area contributed by atoms with Crippen LogP contribution in [0.1, 0.15) is 195 Å². The molecule has 688 valence electrons. The van der Waals surface area contributed by atoms with Gasteiger partial charge in [0.15, 0.2) is 34.0 Å². The fraction of sp³-hybridized carbons (Fsp3) is 0.423. The summed E-state index contributed by atoms with van der Waals surface area (Å²) in [4.78, 5) is 90.4. The number of carbonyl (C=O) groups excluding carboxylic acids is 4. The summed E-state index contributed by atoms with van der Waals surface area (Å²) < 4.78 is 26.5. The Balaban J connectivity index is 0.000000111. The summed E-state index contributed by atoms with van der Waals surface area (Å²) >= 11 is 0. The van der Waals surface area contributed by atoms with Crippen molar-refractivity contribution in [3.63, 3.8) is 0 Å². The minimum atomic E-state index is -0.504. The Kier molecular flexibility index (Phi) is 24.5. The number of anilines is 5. The third-order valence-corrected chi connectivity index (χ3v) is 27.5. The summed E-state index contributed by atoms with van der Waals surface area (Å²) in [7, 11) is 9.22. The van der Waals surface area contributed by atoms with Gasteiger partial charge in [-0.05, 0) is 156 Å². The molecular formula is C97H112N28O8. The van der Waals surface area contributed by atoms with Gasteiger partial charge < -0.3 is 75.9 Å². The number of fused-ring (bicyclic) bond motifs is 8. The summed E-state index contributed by atoms with van der Waals surface area (Å²) in [6, 6.07) is 24.8. The molecule has 10 N–H and O–H groups in total. The summed E-state index contributed by atoms with van der Waals surface area (Å²) in [6.07, 6.45) is 39.5. The zero-order chi connectivity index (χ0) is 91.2. The maximum atomic E-state index is 13.3. The van der Waals surface area contributed by atoms with Crippen molar-refractivity contribution in [2.45, 2.75) is 184 Å². The van der Waals surface area contributed by atoms with Crippen LogP contribution in [0.3, 0.4) is 0 Å². The van der Waals surface area contributed by atoms with Crippen LogP contribution in [-0.2, 0) is 9.47 Å². The van der Waals surface area contributed by atoms with E-state index in [1.807, 2.05) is 118 Å². The van der Waals surface area contributed by atoms with E-state index in [4.69, 9.17) is 39.4 Å². The van der Waals surface area contributed by atoms with Crippen LogP contribution in [0.4, 0.5) is 29.0 Å². The molecule has 0 aromatic carbocycles. The minimum absolute atomic E-state index is 0.109. The maximum Gasteiger partial charge on any atom is 0.257 e. The fourth-order valence-electron chi connectivity index (χ4n) is 19.9. The smallest absolute Gasteiger partial charge is 0.257 e. The lowest BCUT2D eigenvalue weighted by molar-refractivity contribution is 0.0448. The number of rotatable bonds is 21. The average Bonchev–Trinajstić information content (AvgIpc) is 1.63. The van der Waals surface area contributed by atoms with Crippen molar-refractivity contribution in [2.75, 3.05) is 88.2 Å². The maximum absolute atomic E-state index is 13.3. The molecule has 36 heteroatoms. The van der Waals surface area contributed by atoms with Crippen LogP contribution in [0, 0.1) is 17.8 Å². The van der Waals surface area contributed by atoms with E-state index in [0.29, 0.717) is 112 Å². The predicted octanol–water partition coefficient (Wildman–Crippen LogP) is 13.7. The lowest BCUT2D eigenvalue weighted by Gasteiger charge is -2.32. The molecule has 2 aliphatic heterocycles. The van der Waals surface area contributed by atoms with E-state index in [1.54, 1.807) is 56.1 Å². The highest BCUT2D eigenvalue weighted by Gasteiger charge is 2.36. The van der Waals surface area contributed by atoms with Crippen LogP contribution in [0.2, 0.25) is 0 Å². The number of aliphatic hydroxyl groups excluding tert-OH is 2. The molecule has 1 unspecified atom stereocenters. The molecule has 0 spiro atoms. The highest BCUT2D eigenvalue weighted by Crippen LogP contribution is 2.43. The van der Waals surface area contributed by atoms with E-state index in [9.17, 15) is 29.4 Å². The van der Waals surface area contributed by atoms with Gasteiger partial charge in [-0.1, -0.05) is 39.5 Å². The zero-order valence-corrected chi connectivity index (χ0v) is 75.8. The van der Waals surface area contributed by atoms with Crippen molar-refractivity contribution in [3.05, 3.63) is 169 Å². The highest BCUT2D eigenvalue weighted by atomic mass is 16.5. The normalized spacial score (nSPS) is 20.5. The number of hydrogen-bond acceptors (Lipinski definition) is 25. The summed E-state index contributed by atoms with van der Waals surface area (Å²) in [5, 5.41) is 65.7. The number of ketones is 1. The first-order chi connectivity index (χ1) is 65.0. The SMILES string of the molecule is CNc1cc(-c2cn(C3CC(O)C3)c3ncccc23)nc2c(C(=O)NC3CC[C@H]3O)cnn12.CNc1cc(-c2cn(C3CCOCC3)c3ncccc23)nc2c(C(=O)N[C@@H]3CCC[C@@H](C)C3)cnn12.CNc1cc(-c2cn(C3CCOCC3)c3ncccc23)nc2c(C(=O)N[C@H]3CCC[C@H](C)C3)cnn12.CNc1ccc(-c2cc(NC)n3ncc(C(=O)CC4CC4)c3n2)n2ccnc12. The van der Waals surface area contributed by atoms with E-state index < -0.39 is 6.10 Å². The number of aromatic nitrogens is 20. The molecule has 23 rings (SSSR count). The van der Waals surface area contributed by atoms with Gasteiger partial charge in [0.05, 0.1) is 82.8 Å². The van der Waals surface area contributed by atoms with Gasteiger partial charge in [0.2, 0.25) is 0 Å². The van der Waals surface area contributed by atoms with Gasteiger partial charge in [-0.25, -0.2) is 39.9 Å². The van der Waals surface area contributed by atoms with Gasteiger partial charge in [-0.15, -0.1) is 0 Å². The van der Waals surface area contributed by atoms with Gasteiger partial charge in [-0.3, -0.25) is 23.6 Å². The van der Waals surface area contributed by atoms with E-state index in [-0.39, 0.29) is 53.8 Å². The van der Waals surface area contributed by atoms with E-state index in [0.717, 1.165) is 211 Å². The molecular weight excluding hydrogens is 1690 g/mol. The minimum Gasteiger partial charge on any atom is -0.393 e. The second-order valence-corrected chi connectivity index (χ2v) is 36.4. The Labute approximate surface area is 765 Å². The molecule has 5 saturated carbocycles. The van der Waals surface area contributed by atoms with E-state index >= 15 is 0 Å². The molecule has 7 fully saturated rings. The van der Waals surface area contributed by atoms with Gasteiger partial charge in [0.1, 0.15) is 56.9 Å². The van der Waals surface area contributed by atoms with Crippen LogP contribution in [0.15, 0.2) is 147 Å². The van der Waals surface area contributed by atoms with Crippen molar-refractivity contribution in [1.29, 1.82) is 0 Å². The molecule has 5 aliphatic carbocycles. The first-order valence-corrected chi connectivity index (χ1v) is 46.7. The quantitative estimate of drug-likeness (QED) is 0.0299. The molecule has 16 aromatic rings. The number of nitrogens with one attached hydrogen (secondary N) is 8. The van der Waals surface area contributed by atoms with Crippen molar-refractivity contribution in [3.8, 4) is 45.2 Å². The number of aliphatic hydroxyl groups is 2. The topological polar surface area (TPSA) is 415 Å². The number of Topliss-reactive ketones (excluding diaryl/α,β-unsaturated/α-hetero) is 1. The number of hydrogen-bond donors (Lipinski definition) is 10. The van der Waals surface area contributed by atoms with Gasteiger partial charge in [-0.2, -0.15) is 38.5 Å². The number of ether oxygens (including phenoxy) is 2. The van der Waals surface area contributed by atoms with Gasteiger partial charge in [0, 0.05) is 205 Å². The molecule has 18 heterocycles. The molecule has 0 bridgehead atoms. The lowest BCUT2D eigenvalue weighted by atomic mass is 9.87. The lowest BCUT2D eigenvalue weighted by Crippen LogP contribution is -2.50. The van der Waals surface area contributed by atoms with Gasteiger partial charge in [0.25, 0.3) is 17.7 Å². The Morgan fingerprint density at radius 2 is 0.820 bits per heavy atom. The fourth-order valence-corrected chi connectivity index (χ4v) is 19.9. The molecule has 3 amide bonds. The number of nitrogens with zero attached hydrogens (tertiary/aromatic N) is 20. The standard InChI is InChI=1S/2C27H33N7O2.C23H25N7O3.C20H21N7O/c2*1-17-5-3-6-18(13-17)31-27(35)21-15-30-34-24(28-2)14-23(32-26(21)34)22-16-33(19-8-11-36-12-9-19)25-20(22)7-4-10-29-25;1-24-20-9-18(16-11-29(12-7-13(31)8-12)21-14(16)3-2-6-25-21)27-22-15(10-26-30(20)22)23(33)28-17-4-5-19(17)32;1-21-14-5-6-16(26-8-7-23-20(14)26)15-10-18(22-2)27-19(25-15)13(11-24-27)17(28)9-12-3-4-12/h2*4,7,10,14-19,28H,3,5-6,8-9,11-13H2,1-2H3,(H,31,35);2-3,6,9-13,17,19,24,31-32H,4-5,7-8H2,1H3,(H,28,33);5-8,10-12,21-22H,3-4,9H2,1-2H3/t2*17-,18-;12?,13?,17?,19-;/m101./s1. The second kappa shape index (κ2) is 37.4. The third-order valence-electron chi connectivity index (χ3n) is 27.5. The van der Waals surface area contributed by atoms with Crippen molar-refractivity contribution < 1.29 is 38.9 Å². The van der Waals surface area contributed by atoms with Crippen LogP contribution >= 0.6 is 0 Å². The summed E-state index contributed by atoms with van der Waals surface area (Å²) in [5.41, 5.74) is 15.4. The molecule has 133 heavy (non-hydrogen) atoms. The Morgan fingerprint density at radius 3 is 1.22 bits per heavy atom. The zero-order valence-electron chi connectivity index (χ0n) is 75.8. The van der Waals surface area contributed by atoms with Crippen LogP contribution in [0.5, 0.6) is 0 Å². The number of amides is 3. The first-order valence-electron chi connectivity index (χ1n) is 46.7. The molecule has 36 nitrogen and oxygen atoms in total. The summed E-state index contributed by atoms with van der Waals surface area (Å²) in [6.45, 7) is 7.55. The Morgan fingerprint density at radius 1 is 0.414 bits per heavy atom. The number of imidazole rings is 1.